The van der Waals surface area contributed by atoms with E-state index >= 15 is 0 Å². The summed E-state index contributed by atoms with van der Waals surface area (Å²) in [7, 11) is 0. The standard InChI is InChI=1S/C13H15Cl2N3O/c1-7(2)3-6-10-17-13(19-18-10)11-8(14)4-5-9(15)12(11)16/h4-5,7H,3,6,16H2,1-2H3. The number of nitrogens with two attached hydrogens (primary N) is 1. The van der Waals surface area contributed by atoms with E-state index in [1.807, 2.05) is 0 Å². The van der Waals surface area contributed by atoms with E-state index in [0.717, 1.165) is 12.8 Å². The molecule has 102 valence electrons. The minimum Gasteiger partial charge on any atom is -0.397 e. The first-order valence-corrected chi connectivity index (χ1v) is 6.81. The number of anilines is 1. The maximum atomic E-state index is 6.11. The van der Waals surface area contributed by atoms with Gasteiger partial charge in [0.05, 0.1) is 21.3 Å². The predicted octanol–water partition coefficient (Wildman–Crippen LogP) is 4.21. The molecule has 0 atom stereocenters. The fourth-order valence-corrected chi connectivity index (χ4v) is 2.06. The number of aryl methyl sites for hydroxylation is 1. The van der Waals surface area contributed by atoms with E-state index in [4.69, 9.17) is 33.5 Å². The number of aromatic nitrogens is 2. The summed E-state index contributed by atoms with van der Waals surface area (Å²) in [6.07, 6.45) is 1.76. The van der Waals surface area contributed by atoms with Gasteiger partial charge in [0, 0.05) is 6.42 Å². The molecule has 1 aromatic carbocycles. The Kier molecular flexibility index (Phi) is 4.32. The van der Waals surface area contributed by atoms with Crippen LogP contribution in [0.3, 0.4) is 0 Å². The van der Waals surface area contributed by atoms with Gasteiger partial charge in [-0.3, -0.25) is 0 Å². The number of benzene rings is 1. The van der Waals surface area contributed by atoms with E-state index in [9.17, 15) is 0 Å². The van der Waals surface area contributed by atoms with Crippen LogP contribution in [-0.4, -0.2) is 10.1 Å². The zero-order valence-electron chi connectivity index (χ0n) is 10.8. The van der Waals surface area contributed by atoms with Crippen molar-refractivity contribution in [3.8, 4) is 11.5 Å². The highest BCUT2D eigenvalue weighted by atomic mass is 35.5. The molecule has 0 aliphatic carbocycles. The molecule has 0 amide bonds. The van der Waals surface area contributed by atoms with Gasteiger partial charge < -0.3 is 10.3 Å². The number of hydrogen-bond acceptors (Lipinski definition) is 4. The first kappa shape index (κ1) is 14.2. The lowest BCUT2D eigenvalue weighted by Gasteiger charge is -2.04. The van der Waals surface area contributed by atoms with Crippen LogP contribution in [0.1, 0.15) is 26.1 Å². The van der Waals surface area contributed by atoms with E-state index in [2.05, 4.69) is 24.0 Å². The minimum absolute atomic E-state index is 0.309. The quantitative estimate of drug-likeness (QED) is 0.859. The van der Waals surface area contributed by atoms with Gasteiger partial charge in [0.1, 0.15) is 0 Å². The number of halogens is 2. The molecule has 4 nitrogen and oxygen atoms in total. The van der Waals surface area contributed by atoms with Gasteiger partial charge in [-0.2, -0.15) is 4.98 Å². The zero-order chi connectivity index (χ0) is 14.0. The molecule has 2 N–H and O–H groups in total. The molecule has 0 saturated carbocycles. The molecule has 0 spiro atoms. The van der Waals surface area contributed by atoms with Crippen molar-refractivity contribution in [2.45, 2.75) is 26.7 Å². The maximum Gasteiger partial charge on any atom is 0.261 e. The number of nitrogens with zero attached hydrogens (tertiary/aromatic N) is 2. The van der Waals surface area contributed by atoms with Gasteiger partial charge in [-0.1, -0.05) is 42.2 Å². The molecule has 1 heterocycles. The Bertz CT molecular complexity index is 581. The van der Waals surface area contributed by atoms with Gasteiger partial charge >= 0.3 is 0 Å². The molecule has 2 aromatic rings. The van der Waals surface area contributed by atoms with E-state index in [-0.39, 0.29) is 0 Å². The third-order valence-electron chi connectivity index (χ3n) is 2.77. The zero-order valence-corrected chi connectivity index (χ0v) is 12.3. The van der Waals surface area contributed by atoms with Crippen LogP contribution in [0.4, 0.5) is 5.69 Å². The topological polar surface area (TPSA) is 64.9 Å². The van der Waals surface area contributed by atoms with E-state index in [1.165, 1.54) is 0 Å². The molecule has 6 heteroatoms. The number of hydrogen-bond donors (Lipinski definition) is 1. The van der Waals surface area contributed by atoms with Gasteiger partial charge in [0.2, 0.25) is 0 Å². The predicted molar refractivity (Wildman–Crippen MR) is 77.3 cm³/mol. The molecule has 19 heavy (non-hydrogen) atoms. The van der Waals surface area contributed by atoms with Crippen LogP contribution in [0, 0.1) is 5.92 Å². The Morgan fingerprint density at radius 1 is 1.26 bits per heavy atom. The van der Waals surface area contributed by atoms with Crippen molar-refractivity contribution in [2.75, 3.05) is 5.73 Å². The van der Waals surface area contributed by atoms with E-state index in [0.29, 0.717) is 38.9 Å². The average Bonchev–Trinajstić information content (AvgIpc) is 2.80. The second-order valence-corrected chi connectivity index (χ2v) is 5.58. The normalized spacial score (nSPS) is 11.2. The lowest BCUT2D eigenvalue weighted by Crippen LogP contribution is -1.95. The van der Waals surface area contributed by atoms with Crippen LogP contribution < -0.4 is 5.73 Å². The van der Waals surface area contributed by atoms with Crippen molar-refractivity contribution >= 4 is 28.9 Å². The fourth-order valence-electron chi connectivity index (χ4n) is 1.66. The van der Waals surface area contributed by atoms with Crippen LogP contribution in [0.5, 0.6) is 0 Å². The molecule has 0 aliphatic heterocycles. The number of rotatable bonds is 4. The minimum atomic E-state index is 0.309. The summed E-state index contributed by atoms with van der Waals surface area (Å²) >= 11 is 12.1. The van der Waals surface area contributed by atoms with Gasteiger partial charge in [-0.05, 0) is 24.5 Å². The van der Waals surface area contributed by atoms with Gasteiger partial charge in [0.25, 0.3) is 5.89 Å². The molecule has 1 aromatic heterocycles. The largest absolute Gasteiger partial charge is 0.397 e. The summed E-state index contributed by atoms with van der Waals surface area (Å²) < 4.78 is 5.22. The van der Waals surface area contributed by atoms with Crippen molar-refractivity contribution in [2.24, 2.45) is 5.92 Å². The molecule has 0 unspecified atom stereocenters. The van der Waals surface area contributed by atoms with Gasteiger partial charge in [-0.15, -0.1) is 0 Å². The lowest BCUT2D eigenvalue weighted by molar-refractivity contribution is 0.419. The molecule has 0 bridgehead atoms. The Morgan fingerprint density at radius 2 is 1.95 bits per heavy atom. The Balaban J connectivity index is 2.30. The highest BCUT2D eigenvalue weighted by molar-refractivity contribution is 6.37. The summed E-state index contributed by atoms with van der Waals surface area (Å²) in [4.78, 5) is 4.31. The Labute approximate surface area is 121 Å². The summed E-state index contributed by atoms with van der Waals surface area (Å²) in [5.41, 5.74) is 6.76. The SMILES string of the molecule is CC(C)CCc1noc(-c2c(Cl)ccc(Cl)c2N)n1. The monoisotopic (exact) mass is 299 g/mol. The first-order valence-electron chi connectivity index (χ1n) is 6.05. The smallest absolute Gasteiger partial charge is 0.261 e. The van der Waals surface area contributed by atoms with Crippen LogP contribution in [0.15, 0.2) is 16.7 Å². The van der Waals surface area contributed by atoms with Crippen LogP contribution in [0.25, 0.3) is 11.5 Å². The highest BCUT2D eigenvalue weighted by Gasteiger charge is 2.17. The second-order valence-electron chi connectivity index (χ2n) is 4.77. The Hall–Kier alpha value is -1.26. The van der Waals surface area contributed by atoms with Crippen LogP contribution >= 0.6 is 23.2 Å². The fraction of sp³-hybridized carbons (Fsp3) is 0.385. The summed E-state index contributed by atoms with van der Waals surface area (Å²) in [6, 6.07) is 3.30. The van der Waals surface area contributed by atoms with Crippen molar-refractivity contribution in [3.63, 3.8) is 0 Å². The number of nitrogen functional groups attached to an aromatic ring is 1. The third kappa shape index (κ3) is 3.19. The molecule has 0 fully saturated rings. The molecule has 0 radical (unpaired) electrons. The third-order valence-corrected chi connectivity index (χ3v) is 3.41. The summed E-state index contributed by atoms with van der Waals surface area (Å²) in [5.74, 6) is 1.55. The van der Waals surface area contributed by atoms with Crippen molar-refractivity contribution in [1.29, 1.82) is 0 Å². The molecular formula is C13H15Cl2N3O. The van der Waals surface area contributed by atoms with E-state index in [1.54, 1.807) is 12.1 Å². The average molecular weight is 300 g/mol. The van der Waals surface area contributed by atoms with Crippen molar-refractivity contribution < 1.29 is 4.52 Å². The van der Waals surface area contributed by atoms with Gasteiger partial charge in [0.15, 0.2) is 5.82 Å². The first-order chi connectivity index (χ1) is 8.99. The molecule has 0 aliphatic rings. The van der Waals surface area contributed by atoms with Crippen LogP contribution in [0.2, 0.25) is 10.0 Å². The second kappa shape index (κ2) is 5.80. The van der Waals surface area contributed by atoms with Crippen molar-refractivity contribution in [1.82, 2.24) is 10.1 Å². The van der Waals surface area contributed by atoms with E-state index < -0.39 is 0 Å². The molecular weight excluding hydrogens is 285 g/mol. The lowest BCUT2D eigenvalue weighted by atomic mass is 10.1. The Morgan fingerprint density at radius 3 is 2.63 bits per heavy atom. The van der Waals surface area contributed by atoms with Crippen molar-refractivity contribution in [3.05, 3.63) is 28.0 Å². The van der Waals surface area contributed by atoms with Gasteiger partial charge in [-0.25, -0.2) is 0 Å². The molecule has 0 saturated heterocycles. The highest BCUT2D eigenvalue weighted by Crippen LogP contribution is 2.36. The van der Waals surface area contributed by atoms with Crippen LogP contribution in [-0.2, 0) is 6.42 Å². The maximum absolute atomic E-state index is 6.11. The summed E-state index contributed by atoms with van der Waals surface area (Å²) in [6.45, 7) is 4.29. The molecule has 2 rings (SSSR count). The summed E-state index contributed by atoms with van der Waals surface area (Å²) in [5, 5.41) is 4.80.